The molecule has 1 saturated heterocycles. The van der Waals surface area contributed by atoms with Gasteiger partial charge in [0, 0.05) is 48.1 Å². The summed E-state index contributed by atoms with van der Waals surface area (Å²) in [5.41, 5.74) is 8.94. The fraction of sp³-hybridized carbons (Fsp3) is 0.357. The second-order valence-electron chi connectivity index (χ2n) is 9.55. The van der Waals surface area contributed by atoms with Crippen molar-refractivity contribution in [3.63, 3.8) is 0 Å². The molecule has 2 heterocycles. The standard InChI is InChI=1S/C28H33FN4O3/c1-17(2)36-26-22(6-5-7-24(26)29)16-35-25-12-23(13-31-27(25)30)20-8-10-21(11-9-20)28(34)33-14-18(3)32-19(4)15-33/h5-13,17-19,32H,14-16H2,1-4H3,(H2,30,31). The molecule has 0 radical (unpaired) electrons. The fourth-order valence-corrected chi connectivity index (χ4v) is 4.40. The first-order chi connectivity index (χ1) is 17.2. The number of rotatable bonds is 7. The number of amides is 1. The summed E-state index contributed by atoms with van der Waals surface area (Å²) in [7, 11) is 0. The minimum absolute atomic E-state index is 0.0238. The van der Waals surface area contributed by atoms with Gasteiger partial charge < -0.3 is 25.4 Å². The number of pyridine rings is 1. The van der Waals surface area contributed by atoms with Crippen LogP contribution in [0.4, 0.5) is 10.2 Å². The Kier molecular flexibility index (Phi) is 7.74. The van der Waals surface area contributed by atoms with E-state index in [1.807, 2.05) is 43.0 Å². The van der Waals surface area contributed by atoms with Crippen molar-refractivity contribution in [3.05, 3.63) is 71.7 Å². The van der Waals surface area contributed by atoms with Gasteiger partial charge in [-0.1, -0.05) is 24.3 Å². The Bertz CT molecular complexity index is 1210. The first kappa shape index (κ1) is 25.4. The largest absolute Gasteiger partial charge is 0.488 e. The lowest BCUT2D eigenvalue weighted by molar-refractivity contribution is 0.0674. The summed E-state index contributed by atoms with van der Waals surface area (Å²) >= 11 is 0. The van der Waals surface area contributed by atoms with Gasteiger partial charge in [0.15, 0.2) is 23.1 Å². The zero-order valence-corrected chi connectivity index (χ0v) is 21.1. The van der Waals surface area contributed by atoms with E-state index in [1.54, 1.807) is 24.4 Å². The third-order valence-electron chi connectivity index (χ3n) is 5.98. The summed E-state index contributed by atoms with van der Waals surface area (Å²) in [6.45, 7) is 9.28. The van der Waals surface area contributed by atoms with Crippen LogP contribution in [0, 0.1) is 5.82 Å². The minimum atomic E-state index is -0.441. The topological polar surface area (TPSA) is 89.7 Å². The zero-order chi connectivity index (χ0) is 25.8. The normalized spacial score (nSPS) is 17.8. The van der Waals surface area contributed by atoms with Crippen LogP contribution in [-0.2, 0) is 6.61 Å². The third kappa shape index (κ3) is 5.94. The van der Waals surface area contributed by atoms with Gasteiger partial charge >= 0.3 is 0 Å². The lowest BCUT2D eigenvalue weighted by Gasteiger charge is -2.36. The highest BCUT2D eigenvalue weighted by Gasteiger charge is 2.25. The van der Waals surface area contributed by atoms with Crippen molar-refractivity contribution in [2.45, 2.75) is 52.5 Å². The lowest BCUT2D eigenvalue weighted by Crippen LogP contribution is -2.55. The number of nitrogen functional groups attached to an aromatic ring is 1. The van der Waals surface area contributed by atoms with E-state index in [2.05, 4.69) is 24.1 Å². The van der Waals surface area contributed by atoms with Gasteiger partial charge in [0.1, 0.15) is 6.61 Å². The third-order valence-corrected chi connectivity index (χ3v) is 5.98. The van der Waals surface area contributed by atoms with Gasteiger partial charge in [0.05, 0.1) is 6.10 Å². The molecule has 7 nitrogen and oxygen atoms in total. The van der Waals surface area contributed by atoms with Crippen LogP contribution >= 0.6 is 0 Å². The van der Waals surface area contributed by atoms with E-state index in [4.69, 9.17) is 15.2 Å². The average Bonchev–Trinajstić information content (AvgIpc) is 2.84. The second-order valence-corrected chi connectivity index (χ2v) is 9.55. The molecule has 8 heteroatoms. The van der Waals surface area contributed by atoms with Gasteiger partial charge in [0.25, 0.3) is 5.91 Å². The number of carbonyl (C=O) groups excluding carboxylic acids is 1. The molecule has 2 unspecified atom stereocenters. The second kappa shape index (κ2) is 11.0. The molecule has 4 rings (SSSR count). The number of nitrogens with one attached hydrogen (secondary N) is 1. The molecule has 3 N–H and O–H groups in total. The van der Waals surface area contributed by atoms with Crippen molar-refractivity contribution in [2.75, 3.05) is 18.8 Å². The molecule has 0 bridgehead atoms. The average molecular weight is 493 g/mol. The summed E-state index contributed by atoms with van der Waals surface area (Å²) in [5.74, 6) is 0.370. The highest BCUT2D eigenvalue weighted by atomic mass is 19.1. The number of halogens is 1. The highest BCUT2D eigenvalue weighted by molar-refractivity contribution is 5.95. The monoisotopic (exact) mass is 492 g/mol. The van der Waals surface area contributed by atoms with E-state index >= 15 is 0 Å². The van der Waals surface area contributed by atoms with Crippen LogP contribution in [0.25, 0.3) is 11.1 Å². The Labute approximate surface area is 211 Å². The zero-order valence-electron chi connectivity index (χ0n) is 21.1. The van der Waals surface area contributed by atoms with E-state index in [-0.39, 0.29) is 42.3 Å². The summed E-state index contributed by atoms with van der Waals surface area (Å²) < 4.78 is 25.9. The first-order valence-corrected chi connectivity index (χ1v) is 12.2. The van der Waals surface area contributed by atoms with Gasteiger partial charge in [-0.15, -0.1) is 0 Å². The van der Waals surface area contributed by atoms with Crippen molar-refractivity contribution in [1.82, 2.24) is 15.2 Å². The first-order valence-electron chi connectivity index (χ1n) is 12.2. The minimum Gasteiger partial charge on any atom is -0.488 e. The number of carbonyl (C=O) groups is 1. The summed E-state index contributed by atoms with van der Waals surface area (Å²) in [5, 5.41) is 3.44. The molecule has 0 aliphatic carbocycles. The summed E-state index contributed by atoms with van der Waals surface area (Å²) in [4.78, 5) is 19.1. The van der Waals surface area contributed by atoms with Gasteiger partial charge in [-0.25, -0.2) is 9.37 Å². The Hall–Kier alpha value is -3.65. The maximum Gasteiger partial charge on any atom is 0.253 e. The smallest absolute Gasteiger partial charge is 0.253 e. The Balaban J connectivity index is 1.49. The maximum atomic E-state index is 14.3. The molecule has 2 aromatic carbocycles. The molecular formula is C28H33FN4O3. The van der Waals surface area contributed by atoms with Gasteiger partial charge in [0.2, 0.25) is 0 Å². The molecule has 190 valence electrons. The van der Waals surface area contributed by atoms with Crippen molar-refractivity contribution >= 4 is 11.7 Å². The van der Waals surface area contributed by atoms with Crippen molar-refractivity contribution < 1.29 is 18.7 Å². The molecule has 3 aromatic rings. The molecule has 36 heavy (non-hydrogen) atoms. The molecule has 1 aliphatic rings. The molecule has 1 aliphatic heterocycles. The van der Waals surface area contributed by atoms with Crippen LogP contribution < -0.4 is 20.5 Å². The van der Waals surface area contributed by atoms with Crippen LogP contribution in [0.1, 0.15) is 43.6 Å². The summed E-state index contributed by atoms with van der Waals surface area (Å²) in [6.07, 6.45) is 1.48. The van der Waals surface area contributed by atoms with Crippen molar-refractivity contribution in [1.29, 1.82) is 0 Å². The van der Waals surface area contributed by atoms with Crippen molar-refractivity contribution in [3.8, 4) is 22.6 Å². The molecule has 0 spiro atoms. The predicted molar refractivity (Wildman–Crippen MR) is 139 cm³/mol. The number of para-hydroxylation sites is 1. The quantitative estimate of drug-likeness (QED) is 0.499. The lowest BCUT2D eigenvalue weighted by atomic mass is 10.0. The van der Waals surface area contributed by atoms with E-state index in [0.29, 0.717) is 30.0 Å². The SMILES string of the molecule is CC1CN(C(=O)c2ccc(-c3cnc(N)c(OCc4cccc(F)c4OC(C)C)c3)cc2)CC(C)N1. The number of nitrogens with two attached hydrogens (primary N) is 1. The van der Waals surface area contributed by atoms with Crippen molar-refractivity contribution in [2.24, 2.45) is 0 Å². The number of anilines is 1. The molecule has 1 aromatic heterocycles. The molecule has 2 atom stereocenters. The molecular weight excluding hydrogens is 459 g/mol. The van der Waals surface area contributed by atoms with Crippen LogP contribution in [0.2, 0.25) is 0 Å². The molecule has 0 saturated carbocycles. The van der Waals surface area contributed by atoms with Crippen LogP contribution in [0.3, 0.4) is 0 Å². The Morgan fingerprint density at radius 1 is 1.14 bits per heavy atom. The van der Waals surface area contributed by atoms with E-state index < -0.39 is 5.82 Å². The highest BCUT2D eigenvalue weighted by Crippen LogP contribution is 2.30. The number of benzene rings is 2. The van der Waals surface area contributed by atoms with Crippen LogP contribution in [0.15, 0.2) is 54.7 Å². The number of hydrogen-bond acceptors (Lipinski definition) is 6. The Morgan fingerprint density at radius 3 is 2.50 bits per heavy atom. The number of hydrogen-bond donors (Lipinski definition) is 2. The predicted octanol–water partition coefficient (Wildman–Crippen LogP) is 4.66. The van der Waals surface area contributed by atoms with E-state index in [1.165, 1.54) is 6.07 Å². The number of piperazine rings is 1. The summed E-state index contributed by atoms with van der Waals surface area (Å²) in [6, 6.07) is 14.5. The van der Waals surface area contributed by atoms with Gasteiger partial charge in [-0.2, -0.15) is 0 Å². The Morgan fingerprint density at radius 2 is 1.83 bits per heavy atom. The number of ether oxygens (including phenoxy) is 2. The fourth-order valence-electron chi connectivity index (χ4n) is 4.40. The van der Waals surface area contributed by atoms with E-state index in [9.17, 15) is 9.18 Å². The van der Waals surface area contributed by atoms with Crippen LogP contribution in [0.5, 0.6) is 11.5 Å². The van der Waals surface area contributed by atoms with Gasteiger partial charge in [-0.05, 0) is 57.5 Å². The van der Waals surface area contributed by atoms with Gasteiger partial charge in [-0.3, -0.25) is 4.79 Å². The molecule has 1 amide bonds. The maximum absolute atomic E-state index is 14.3. The van der Waals surface area contributed by atoms with Crippen LogP contribution in [-0.4, -0.2) is 47.1 Å². The van der Waals surface area contributed by atoms with E-state index in [0.717, 1.165) is 11.1 Å². The molecule has 1 fully saturated rings. The number of nitrogens with zero attached hydrogens (tertiary/aromatic N) is 2. The number of aromatic nitrogens is 1.